The number of benzene rings is 1. The van der Waals surface area contributed by atoms with Gasteiger partial charge in [-0.05, 0) is 51.9 Å². The van der Waals surface area contributed by atoms with E-state index < -0.39 is 10.0 Å². The smallest absolute Gasteiger partial charge is 0.243 e. The van der Waals surface area contributed by atoms with Gasteiger partial charge in [-0.25, -0.2) is 8.42 Å². The summed E-state index contributed by atoms with van der Waals surface area (Å²) in [6, 6.07) is 5.20. The predicted molar refractivity (Wildman–Crippen MR) is 83.0 cm³/mol. The SMILES string of the molecule is CCOc1ccc(S(=O)(=O)N2CCCC2C)cc1CNC. The molecule has 0 saturated carbocycles. The van der Waals surface area contributed by atoms with Crippen LogP contribution in [0, 0.1) is 0 Å². The van der Waals surface area contributed by atoms with Crippen molar-refractivity contribution in [1.82, 2.24) is 9.62 Å². The minimum atomic E-state index is -3.41. The number of rotatable bonds is 6. The lowest BCUT2D eigenvalue weighted by atomic mass is 10.2. The van der Waals surface area contributed by atoms with Gasteiger partial charge in [-0.3, -0.25) is 0 Å². The van der Waals surface area contributed by atoms with Gasteiger partial charge in [-0.2, -0.15) is 4.31 Å². The average Bonchev–Trinajstić information content (AvgIpc) is 2.88. The molecule has 118 valence electrons. The van der Waals surface area contributed by atoms with Crippen molar-refractivity contribution < 1.29 is 13.2 Å². The zero-order valence-electron chi connectivity index (χ0n) is 12.9. The minimum absolute atomic E-state index is 0.0781. The molecule has 6 heteroatoms. The molecule has 2 rings (SSSR count). The molecule has 1 N–H and O–H groups in total. The Labute approximate surface area is 127 Å². The van der Waals surface area contributed by atoms with Crippen molar-refractivity contribution in [3.05, 3.63) is 23.8 Å². The summed E-state index contributed by atoms with van der Waals surface area (Å²) in [5.74, 6) is 0.736. The molecule has 1 aromatic carbocycles. The van der Waals surface area contributed by atoms with Gasteiger partial charge < -0.3 is 10.1 Å². The average molecular weight is 312 g/mol. The summed E-state index contributed by atoms with van der Waals surface area (Å²) in [5.41, 5.74) is 0.868. The van der Waals surface area contributed by atoms with Gasteiger partial charge in [0.1, 0.15) is 5.75 Å². The first-order valence-electron chi connectivity index (χ1n) is 7.43. The van der Waals surface area contributed by atoms with E-state index in [2.05, 4.69) is 5.32 Å². The van der Waals surface area contributed by atoms with E-state index in [1.165, 1.54) is 0 Å². The van der Waals surface area contributed by atoms with Crippen LogP contribution in [-0.2, 0) is 16.6 Å². The molecule has 0 aliphatic carbocycles. The van der Waals surface area contributed by atoms with Crippen LogP contribution in [0.1, 0.15) is 32.3 Å². The number of hydrogen-bond acceptors (Lipinski definition) is 4. The summed E-state index contributed by atoms with van der Waals surface area (Å²) in [5, 5.41) is 3.05. The van der Waals surface area contributed by atoms with Gasteiger partial charge in [-0.1, -0.05) is 0 Å². The van der Waals surface area contributed by atoms with E-state index >= 15 is 0 Å². The Morgan fingerprint density at radius 1 is 1.43 bits per heavy atom. The highest BCUT2D eigenvalue weighted by Crippen LogP contribution is 2.29. The standard InChI is InChI=1S/C15H24N2O3S/c1-4-20-15-8-7-14(10-13(15)11-16-3)21(18,19)17-9-5-6-12(17)2/h7-8,10,12,16H,4-6,9,11H2,1-3H3. The van der Waals surface area contributed by atoms with Crippen molar-refractivity contribution in [3.63, 3.8) is 0 Å². The fraction of sp³-hybridized carbons (Fsp3) is 0.600. The summed E-state index contributed by atoms with van der Waals surface area (Å²) >= 11 is 0. The summed E-state index contributed by atoms with van der Waals surface area (Å²) in [6.07, 6.45) is 1.86. The van der Waals surface area contributed by atoms with E-state index in [0.29, 0.717) is 24.6 Å². The van der Waals surface area contributed by atoms with E-state index in [1.807, 2.05) is 20.9 Å². The van der Waals surface area contributed by atoms with Crippen LogP contribution in [0.4, 0.5) is 0 Å². The molecule has 1 unspecified atom stereocenters. The molecule has 0 amide bonds. The van der Waals surface area contributed by atoms with Crippen LogP contribution >= 0.6 is 0 Å². The maximum atomic E-state index is 12.7. The van der Waals surface area contributed by atoms with Crippen molar-refractivity contribution in [2.75, 3.05) is 20.2 Å². The van der Waals surface area contributed by atoms with E-state index in [0.717, 1.165) is 24.2 Å². The third kappa shape index (κ3) is 3.39. The lowest BCUT2D eigenvalue weighted by molar-refractivity contribution is 0.335. The lowest BCUT2D eigenvalue weighted by Gasteiger charge is -2.21. The van der Waals surface area contributed by atoms with Crippen molar-refractivity contribution >= 4 is 10.0 Å². The quantitative estimate of drug-likeness (QED) is 0.872. The van der Waals surface area contributed by atoms with Crippen LogP contribution in [0.3, 0.4) is 0 Å². The molecule has 1 aromatic rings. The van der Waals surface area contributed by atoms with E-state index in [-0.39, 0.29) is 6.04 Å². The molecule has 21 heavy (non-hydrogen) atoms. The number of nitrogens with one attached hydrogen (secondary N) is 1. The highest BCUT2D eigenvalue weighted by molar-refractivity contribution is 7.89. The van der Waals surface area contributed by atoms with Gasteiger partial charge in [0.2, 0.25) is 10.0 Å². The van der Waals surface area contributed by atoms with E-state index in [1.54, 1.807) is 22.5 Å². The second-order valence-corrected chi connectivity index (χ2v) is 7.23. The first kappa shape index (κ1) is 16.3. The number of sulfonamides is 1. The Balaban J connectivity index is 2.37. The summed E-state index contributed by atoms with van der Waals surface area (Å²) in [6.45, 7) is 5.63. The minimum Gasteiger partial charge on any atom is -0.494 e. The lowest BCUT2D eigenvalue weighted by Crippen LogP contribution is -2.33. The van der Waals surface area contributed by atoms with Crippen molar-refractivity contribution in [2.24, 2.45) is 0 Å². The fourth-order valence-corrected chi connectivity index (χ4v) is 4.49. The predicted octanol–water partition coefficient (Wildman–Crippen LogP) is 1.98. The van der Waals surface area contributed by atoms with Crippen molar-refractivity contribution in [2.45, 2.75) is 44.2 Å². The molecule has 1 heterocycles. The Morgan fingerprint density at radius 3 is 2.76 bits per heavy atom. The largest absolute Gasteiger partial charge is 0.494 e. The summed E-state index contributed by atoms with van der Waals surface area (Å²) in [7, 11) is -1.58. The first-order chi connectivity index (χ1) is 10.0. The van der Waals surface area contributed by atoms with Gasteiger partial charge in [0.25, 0.3) is 0 Å². The zero-order chi connectivity index (χ0) is 15.5. The van der Waals surface area contributed by atoms with Crippen LogP contribution in [0.25, 0.3) is 0 Å². The number of hydrogen-bond donors (Lipinski definition) is 1. The zero-order valence-corrected chi connectivity index (χ0v) is 13.7. The Morgan fingerprint density at radius 2 is 2.19 bits per heavy atom. The van der Waals surface area contributed by atoms with Gasteiger partial charge in [0.05, 0.1) is 11.5 Å². The van der Waals surface area contributed by atoms with Gasteiger partial charge in [0, 0.05) is 24.7 Å². The van der Waals surface area contributed by atoms with Crippen LogP contribution in [0.2, 0.25) is 0 Å². The van der Waals surface area contributed by atoms with Gasteiger partial charge >= 0.3 is 0 Å². The second-order valence-electron chi connectivity index (χ2n) is 5.34. The molecular weight excluding hydrogens is 288 g/mol. The maximum Gasteiger partial charge on any atom is 0.243 e. The molecule has 1 aliphatic rings. The first-order valence-corrected chi connectivity index (χ1v) is 8.87. The second kappa shape index (κ2) is 6.77. The van der Waals surface area contributed by atoms with E-state index in [4.69, 9.17) is 4.74 Å². The Hall–Kier alpha value is -1.11. The molecule has 1 atom stereocenters. The molecule has 1 aliphatic heterocycles. The topological polar surface area (TPSA) is 58.6 Å². The number of nitrogens with zero attached hydrogens (tertiary/aromatic N) is 1. The van der Waals surface area contributed by atoms with E-state index in [9.17, 15) is 8.42 Å². The molecular formula is C15H24N2O3S. The Bertz CT molecular complexity index is 587. The monoisotopic (exact) mass is 312 g/mol. The normalized spacial score (nSPS) is 19.9. The third-order valence-corrected chi connectivity index (χ3v) is 5.81. The maximum absolute atomic E-state index is 12.7. The van der Waals surface area contributed by atoms with Gasteiger partial charge in [-0.15, -0.1) is 0 Å². The number of ether oxygens (including phenoxy) is 1. The van der Waals surface area contributed by atoms with Crippen LogP contribution < -0.4 is 10.1 Å². The highest BCUT2D eigenvalue weighted by atomic mass is 32.2. The summed E-state index contributed by atoms with van der Waals surface area (Å²) < 4.78 is 32.6. The van der Waals surface area contributed by atoms with Crippen LogP contribution in [-0.4, -0.2) is 39.0 Å². The molecule has 0 spiro atoms. The van der Waals surface area contributed by atoms with Crippen molar-refractivity contribution in [1.29, 1.82) is 0 Å². The highest BCUT2D eigenvalue weighted by Gasteiger charge is 2.32. The fourth-order valence-electron chi connectivity index (χ4n) is 2.74. The molecule has 5 nitrogen and oxygen atoms in total. The molecule has 0 aromatic heterocycles. The molecule has 1 fully saturated rings. The van der Waals surface area contributed by atoms with Crippen molar-refractivity contribution in [3.8, 4) is 5.75 Å². The van der Waals surface area contributed by atoms with Gasteiger partial charge in [0.15, 0.2) is 0 Å². The van der Waals surface area contributed by atoms with Crippen LogP contribution in [0.5, 0.6) is 5.75 Å². The van der Waals surface area contributed by atoms with Crippen LogP contribution in [0.15, 0.2) is 23.1 Å². The molecule has 1 saturated heterocycles. The molecule has 0 radical (unpaired) electrons. The molecule has 0 bridgehead atoms. The summed E-state index contributed by atoms with van der Waals surface area (Å²) in [4.78, 5) is 0.352. The Kier molecular flexibility index (Phi) is 5.24. The third-order valence-electron chi connectivity index (χ3n) is 3.80.